The zero-order valence-electron chi connectivity index (χ0n) is 1.97. The Hall–Kier alpha value is 1.47. The first kappa shape index (κ1) is 9.69. The second-order valence-corrected chi connectivity index (χ2v) is 1.20. The molecule has 0 aliphatic rings. The molecule has 0 atom stereocenters. The Morgan fingerprint density at radius 3 is 1.40 bits per heavy atom. The van der Waals surface area contributed by atoms with E-state index in [0.29, 0.717) is 0 Å². The molecular formula is H2LuO3Se. The van der Waals surface area contributed by atoms with Gasteiger partial charge in [-0.05, 0) is 0 Å². The van der Waals surface area contributed by atoms with Crippen LogP contribution in [0.15, 0.2) is 0 Å². The summed E-state index contributed by atoms with van der Waals surface area (Å²) < 4.78 is 23.1. The van der Waals surface area contributed by atoms with Gasteiger partial charge in [-0.3, -0.25) is 0 Å². The Morgan fingerprint density at radius 1 is 1.40 bits per heavy atom. The average molecular weight is 304 g/mol. The minimum atomic E-state index is -3.29. The van der Waals surface area contributed by atoms with Crippen molar-refractivity contribution in [2.24, 2.45) is 0 Å². The Bertz CT molecular complexity index is 29.9. The van der Waals surface area contributed by atoms with E-state index in [1.165, 1.54) is 0 Å². The Balaban J connectivity index is 0. The SMILES string of the molecule is O=[Se](O)O.[Lu]. The normalized spacial score (nSPS) is 7.00. The molecule has 2 N–H and O–H groups in total. The molecular weight excluding hydrogens is 302 g/mol. The summed E-state index contributed by atoms with van der Waals surface area (Å²) in [4.78, 5) is 0. The number of hydrogen-bond donors (Lipinski definition) is 2. The van der Waals surface area contributed by atoms with Crippen LogP contribution in [0, 0.1) is 36.9 Å². The quantitative estimate of drug-likeness (QED) is 0.529. The molecule has 0 aromatic carbocycles. The Morgan fingerprint density at radius 2 is 1.40 bits per heavy atom. The minimum Gasteiger partial charge on any atom is 0 e. The first-order valence-electron chi connectivity index (χ1n) is 0.532. The molecule has 0 fully saturated rings. The molecule has 0 spiro atoms. The van der Waals surface area contributed by atoms with Gasteiger partial charge in [0.1, 0.15) is 0 Å². The van der Waals surface area contributed by atoms with Crippen molar-refractivity contribution >= 4 is 14.5 Å². The largest absolute Gasteiger partial charge is 0 e. The molecule has 1 radical (unpaired) electrons. The summed E-state index contributed by atoms with van der Waals surface area (Å²) in [6, 6.07) is 0. The van der Waals surface area contributed by atoms with Gasteiger partial charge in [-0.2, -0.15) is 0 Å². The molecule has 0 aromatic rings. The van der Waals surface area contributed by atoms with Gasteiger partial charge in [0.15, 0.2) is 0 Å². The molecule has 0 aliphatic heterocycles. The third-order valence-electron chi connectivity index (χ3n) is 0. The van der Waals surface area contributed by atoms with Crippen LogP contribution in [0.25, 0.3) is 0 Å². The first-order valence-corrected chi connectivity index (χ1v) is 2.76. The topological polar surface area (TPSA) is 57.5 Å². The van der Waals surface area contributed by atoms with Crippen molar-refractivity contribution in [3.63, 3.8) is 0 Å². The van der Waals surface area contributed by atoms with E-state index in [9.17, 15) is 0 Å². The molecule has 0 saturated carbocycles. The van der Waals surface area contributed by atoms with Gasteiger partial charge in [-0.1, -0.05) is 0 Å². The molecule has 0 saturated heterocycles. The fourth-order valence-electron chi connectivity index (χ4n) is 0. The Kier molecular flexibility index (Phi) is 10.6. The van der Waals surface area contributed by atoms with E-state index in [0.717, 1.165) is 0 Å². The van der Waals surface area contributed by atoms with Gasteiger partial charge in [-0.25, -0.2) is 0 Å². The van der Waals surface area contributed by atoms with Gasteiger partial charge in [0.05, 0.1) is 0 Å². The van der Waals surface area contributed by atoms with E-state index in [1.807, 2.05) is 0 Å². The van der Waals surface area contributed by atoms with Crippen molar-refractivity contribution in [2.75, 3.05) is 0 Å². The van der Waals surface area contributed by atoms with E-state index in [1.54, 1.807) is 0 Å². The molecule has 41 valence electrons. The molecule has 5 heavy (non-hydrogen) atoms. The van der Waals surface area contributed by atoms with Gasteiger partial charge in [0.2, 0.25) is 0 Å². The fraction of sp³-hybridized carbons (Fsp3) is 0. The van der Waals surface area contributed by atoms with Crippen LogP contribution < -0.4 is 0 Å². The van der Waals surface area contributed by atoms with E-state index < -0.39 is 14.5 Å². The van der Waals surface area contributed by atoms with Crippen molar-refractivity contribution in [1.82, 2.24) is 0 Å². The standard InChI is InChI=1S/Lu.H2O3Se/c;1-4(2)3/h;(H2,1,2,3). The number of hydrogen-bond acceptors (Lipinski definition) is 1. The summed E-state index contributed by atoms with van der Waals surface area (Å²) >= 11 is -3.29. The summed E-state index contributed by atoms with van der Waals surface area (Å²) in [6.45, 7) is 0. The van der Waals surface area contributed by atoms with Crippen LogP contribution in [0.1, 0.15) is 0 Å². The molecule has 0 amide bonds. The molecule has 0 heterocycles. The minimum absolute atomic E-state index is 0. The van der Waals surface area contributed by atoms with Crippen molar-refractivity contribution in [2.45, 2.75) is 0 Å². The maximum absolute atomic E-state index is 8.76. The van der Waals surface area contributed by atoms with Gasteiger partial charge < -0.3 is 0 Å². The van der Waals surface area contributed by atoms with Crippen molar-refractivity contribution in [1.29, 1.82) is 0 Å². The molecule has 0 rings (SSSR count). The predicted molar refractivity (Wildman–Crippen MR) is 10.9 cm³/mol. The second-order valence-electron chi connectivity index (χ2n) is 0.231. The van der Waals surface area contributed by atoms with E-state index >= 15 is 0 Å². The van der Waals surface area contributed by atoms with Crippen molar-refractivity contribution in [3.8, 4) is 0 Å². The van der Waals surface area contributed by atoms with Crippen molar-refractivity contribution in [3.05, 3.63) is 0 Å². The smallest absolute Gasteiger partial charge is 0 e. The van der Waals surface area contributed by atoms with Crippen LogP contribution in [0.5, 0.6) is 0 Å². The third-order valence-corrected chi connectivity index (χ3v) is 0. The molecule has 5 heteroatoms. The van der Waals surface area contributed by atoms with Crippen LogP contribution in [0.3, 0.4) is 0 Å². The van der Waals surface area contributed by atoms with E-state index in [4.69, 9.17) is 12.2 Å². The summed E-state index contributed by atoms with van der Waals surface area (Å²) in [5.41, 5.74) is 0. The maximum Gasteiger partial charge on any atom is 0 e. The first-order chi connectivity index (χ1) is 1.73. The van der Waals surface area contributed by atoms with Gasteiger partial charge >= 0.3 is 26.7 Å². The molecule has 0 bridgehead atoms. The zero-order valence-corrected chi connectivity index (χ0v) is 5.34. The van der Waals surface area contributed by atoms with Crippen LogP contribution in [-0.2, 0) is 3.83 Å². The zero-order chi connectivity index (χ0) is 3.58. The van der Waals surface area contributed by atoms with Crippen LogP contribution in [0.4, 0.5) is 0 Å². The van der Waals surface area contributed by atoms with Gasteiger partial charge in [0.25, 0.3) is 0 Å². The molecule has 3 nitrogen and oxygen atoms in total. The predicted octanol–water partition coefficient (Wildman–Crippen LogP) is -1.61. The van der Waals surface area contributed by atoms with Gasteiger partial charge in [-0.15, -0.1) is 0 Å². The third kappa shape index (κ3) is 30.4. The summed E-state index contributed by atoms with van der Waals surface area (Å²) in [5, 5.41) is 0. The molecule has 0 aliphatic carbocycles. The van der Waals surface area contributed by atoms with Gasteiger partial charge in [0, 0.05) is 36.9 Å². The summed E-state index contributed by atoms with van der Waals surface area (Å²) in [6.07, 6.45) is 0. The maximum atomic E-state index is 8.76. The summed E-state index contributed by atoms with van der Waals surface area (Å²) in [7, 11) is 0. The van der Waals surface area contributed by atoms with Crippen molar-refractivity contribution < 1.29 is 49.1 Å². The van der Waals surface area contributed by atoms with Crippen LogP contribution in [-0.4, -0.2) is 22.9 Å². The second kappa shape index (κ2) is 5.47. The van der Waals surface area contributed by atoms with E-state index in [2.05, 4.69) is 0 Å². The molecule has 0 unspecified atom stereocenters. The van der Waals surface area contributed by atoms with Crippen LogP contribution in [0.2, 0.25) is 0 Å². The Labute approximate surface area is 62.9 Å². The fourth-order valence-corrected chi connectivity index (χ4v) is 0. The molecule has 0 aromatic heterocycles. The van der Waals surface area contributed by atoms with Crippen LogP contribution >= 0.6 is 0 Å². The monoisotopic (exact) mass is 305 g/mol. The van der Waals surface area contributed by atoms with E-state index in [-0.39, 0.29) is 36.9 Å². The average Bonchev–Trinajstić information content (AvgIpc) is 0.811. The number of rotatable bonds is 0. The summed E-state index contributed by atoms with van der Waals surface area (Å²) in [5.74, 6) is 0.